The zero-order chi connectivity index (χ0) is 20.3. The molecule has 0 saturated carbocycles. The van der Waals surface area contributed by atoms with Gasteiger partial charge in [-0.1, -0.05) is 23.3 Å². The van der Waals surface area contributed by atoms with Gasteiger partial charge in [-0.15, -0.1) is 0 Å². The molecule has 2 aromatic carbocycles. The first-order valence-electron chi connectivity index (χ1n) is 9.66. The van der Waals surface area contributed by atoms with Gasteiger partial charge < -0.3 is 15.4 Å². The quantitative estimate of drug-likeness (QED) is 0.781. The minimum absolute atomic E-state index is 0.0188. The highest BCUT2D eigenvalue weighted by atomic mass is 16.5. The molecule has 0 atom stereocenters. The lowest BCUT2D eigenvalue weighted by Gasteiger charge is -2.37. The molecule has 0 aromatic heterocycles. The number of carbonyl (C=O) groups is 2. The molecule has 2 aromatic rings. The van der Waals surface area contributed by atoms with Crippen LogP contribution in [-0.2, 0) is 0 Å². The highest BCUT2D eigenvalue weighted by Gasteiger charge is 2.41. The van der Waals surface area contributed by atoms with Crippen LogP contribution < -0.4 is 15.4 Å². The second-order valence-electron chi connectivity index (χ2n) is 7.62. The maximum atomic E-state index is 13.5. The second-order valence-corrected chi connectivity index (χ2v) is 7.62. The lowest BCUT2D eigenvalue weighted by Crippen LogP contribution is -2.59. The van der Waals surface area contributed by atoms with E-state index in [4.69, 9.17) is 4.74 Å². The van der Waals surface area contributed by atoms with E-state index in [0.717, 1.165) is 16.7 Å². The monoisotopic (exact) mass is 380 g/mol. The standard InChI is InChI=1S/C23H28N2O3/c1-15-12-16(2)14-18(13-15)21(26)23(8-10-24-11-9-23)25-22(27)19-6-5-7-20(28-4)17(19)3/h5-7,12-14,24H,8-11H2,1-4H3,(H,25,27). The number of benzene rings is 2. The maximum absolute atomic E-state index is 13.5. The van der Waals surface area contributed by atoms with Gasteiger partial charge in [0.2, 0.25) is 0 Å². The summed E-state index contributed by atoms with van der Waals surface area (Å²) in [5.74, 6) is 0.401. The Morgan fingerprint density at radius 3 is 2.29 bits per heavy atom. The number of nitrogens with one attached hydrogen (secondary N) is 2. The van der Waals surface area contributed by atoms with Crippen LogP contribution in [0.3, 0.4) is 0 Å². The van der Waals surface area contributed by atoms with Crippen molar-refractivity contribution in [2.45, 2.75) is 39.2 Å². The molecular formula is C23H28N2O3. The van der Waals surface area contributed by atoms with Gasteiger partial charge in [0, 0.05) is 16.7 Å². The molecule has 0 aliphatic carbocycles. The van der Waals surface area contributed by atoms with Crippen molar-refractivity contribution < 1.29 is 14.3 Å². The fourth-order valence-electron chi connectivity index (χ4n) is 4.01. The molecule has 148 valence electrons. The molecule has 1 saturated heterocycles. The molecule has 0 unspecified atom stereocenters. The summed E-state index contributed by atoms with van der Waals surface area (Å²) in [6.07, 6.45) is 1.13. The first-order valence-corrected chi connectivity index (χ1v) is 9.66. The molecule has 0 bridgehead atoms. The van der Waals surface area contributed by atoms with Crippen molar-refractivity contribution in [1.29, 1.82) is 0 Å². The van der Waals surface area contributed by atoms with Gasteiger partial charge in [0.05, 0.1) is 7.11 Å². The molecule has 1 heterocycles. The van der Waals surface area contributed by atoms with Crippen molar-refractivity contribution in [3.63, 3.8) is 0 Å². The van der Waals surface area contributed by atoms with Gasteiger partial charge in [-0.3, -0.25) is 9.59 Å². The molecule has 28 heavy (non-hydrogen) atoms. The zero-order valence-electron chi connectivity index (χ0n) is 17.0. The SMILES string of the molecule is COc1cccc(C(=O)NC2(C(=O)c3cc(C)cc(C)c3)CCNCC2)c1C. The number of amides is 1. The van der Waals surface area contributed by atoms with Crippen LogP contribution >= 0.6 is 0 Å². The zero-order valence-corrected chi connectivity index (χ0v) is 17.0. The number of hydrogen-bond acceptors (Lipinski definition) is 4. The molecule has 0 spiro atoms. The number of aryl methyl sites for hydroxylation is 2. The highest BCUT2D eigenvalue weighted by molar-refractivity contribution is 6.07. The van der Waals surface area contributed by atoms with Crippen LogP contribution in [0.15, 0.2) is 36.4 Å². The molecule has 1 aliphatic heterocycles. The highest BCUT2D eigenvalue weighted by Crippen LogP contribution is 2.27. The third-order valence-electron chi connectivity index (χ3n) is 5.48. The molecule has 1 fully saturated rings. The summed E-state index contributed by atoms with van der Waals surface area (Å²) in [5.41, 5.74) is 3.14. The van der Waals surface area contributed by atoms with Gasteiger partial charge in [0.1, 0.15) is 11.3 Å². The number of hydrogen-bond donors (Lipinski definition) is 2. The Hall–Kier alpha value is -2.66. The average Bonchev–Trinajstić information content (AvgIpc) is 2.67. The summed E-state index contributed by atoms with van der Waals surface area (Å²) in [7, 11) is 1.59. The number of piperidine rings is 1. The van der Waals surface area contributed by atoms with Gasteiger partial charge in [-0.2, -0.15) is 0 Å². The van der Waals surface area contributed by atoms with Crippen molar-refractivity contribution in [3.8, 4) is 5.75 Å². The van der Waals surface area contributed by atoms with Gasteiger partial charge in [0.15, 0.2) is 5.78 Å². The van der Waals surface area contributed by atoms with Crippen LogP contribution in [0.4, 0.5) is 0 Å². The topological polar surface area (TPSA) is 67.4 Å². The van der Waals surface area contributed by atoms with Gasteiger partial charge in [0.25, 0.3) is 5.91 Å². The fourth-order valence-corrected chi connectivity index (χ4v) is 4.01. The van der Waals surface area contributed by atoms with Crippen molar-refractivity contribution in [1.82, 2.24) is 10.6 Å². The Bertz CT molecular complexity index is 878. The molecule has 5 nitrogen and oxygen atoms in total. The number of rotatable bonds is 5. The minimum Gasteiger partial charge on any atom is -0.496 e. The molecular weight excluding hydrogens is 352 g/mol. The normalized spacial score (nSPS) is 15.7. The van der Waals surface area contributed by atoms with Gasteiger partial charge in [-0.05, 0) is 71.0 Å². The second kappa shape index (κ2) is 8.15. The number of methoxy groups -OCH3 is 1. The third-order valence-corrected chi connectivity index (χ3v) is 5.48. The van der Waals surface area contributed by atoms with E-state index in [9.17, 15) is 9.59 Å². The Morgan fingerprint density at radius 1 is 1.04 bits per heavy atom. The van der Waals surface area contributed by atoms with E-state index in [1.165, 1.54) is 0 Å². The first-order chi connectivity index (χ1) is 13.4. The number of ether oxygens (including phenoxy) is 1. The molecule has 1 aliphatic rings. The van der Waals surface area contributed by atoms with Crippen molar-refractivity contribution >= 4 is 11.7 Å². The van der Waals surface area contributed by atoms with Crippen LogP contribution in [0.25, 0.3) is 0 Å². The molecule has 1 amide bonds. The van der Waals surface area contributed by atoms with Crippen LogP contribution in [-0.4, -0.2) is 37.4 Å². The van der Waals surface area contributed by atoms with Crippen LogP contribution in [0.2, 0.25) is 0 Å². The van der Waals surface area contributed by atoms with E-state index in [1.54, 1.807) is 19.2 Å². The van der Waals surface area contributed by atoms with Gasteiger partial charge >= 0.3 is 0 Å². The summed E-state index contributed by atoms with van der Waals surface area (Å²) in [5, 5.41) is 6.38. The molecule has 0 radical (unpaired) electrons. The number of carbonyl (C=O) groups excluding carboxylic acids is 2. The molecule has 5 heteroatoms. The lowest BCUT2D eigenvalue weighted by molar-refractivity contribution is 0.0723. The molecule has 2 N–H and O–H groups in total. The molecule has 3 rings (SSSR count). The van der Waals surface area contributed by atoms with E-state index < -0.39 is 5.54 Å². The summed E-state index contributed by atoms with van der Waals surface area (Å²) in [4.78, 5) is 26.7. The average molecular weight is 380 g/mol. The van der Waals surface area contributed by atoms with Crippen molar-refractivity contribution in [3.05, 3.63) is 64.2 Å². The summed E-state index contributed by atoms with van der Waals surface area (Å²) < 4.78 is 5.34. The Balaban J connectivity index is 1.96. The summed E-state index contributed by atoms with van der Waals surface area (Å²) in [6.45, 7) is 7.20. The van der Waals surface area contributed by atoms with Crippen LogP contribution in [0, 0.1) is 20.8 Å². The van der Waals surface area contributed by atoms with E-state index in [-0.39, 0.29) is 11.7 Å². The Labute approximate surface area is 166 Å². The fraction of sp³-hybridized carbons (Fsp3) is 0.391. The van der Waals surface area contributed by atoms with Crippen molar-refractivity contribution in [2.24, 2.45) is 0 Å². The predicted molar refractivity (Wildman–Crippen MR) is 110 cm³/mol. The van der Waals surface area contributed by atoms with E-state index in [1.807, 2.05) is 45.0 Å². The minimum atomic E-state index is -0.905. The lowest BCUT2D eigenvalue weighted by atomic mass is 9.80. The largest absolute Gasteiger partial charge is 0.496 e. The van der Waals surface area contributed by atoms with E-state index in [0.29, 0.717) is 42.8 Å². The smallest absolute Gasteiger partial charge is 0.252 e. The predicted octanol–water partition coefficient (Wildman–Crippen LogP) is 3.36. The summed E-state index contributed by atoms with van der Waals surface area (Å²) >= 11 is 0. The number of ketones is 1. The van der Waals surface area contributed by atoms with Crippen LogP contribution in [0.5, 0.6) is 5.75 Å². The Kier molecular flexibility index (Phi) is 5.84. The van der Waals surface area contributed by atoms with E-state index >= 15 is 0 Å². The van der Waals surface area contributed by atoms with E-state index in [2.05, 4.69) is 10.6 Å². The summed E-state index contributed by atoms with van der Waals surface area (Å²) in [6, 6.07) is 11.2. The number of Topliss-reactive ketones (excluding diaryl/α,β-unsaturated/α-hetero) is 1. The third kappa shape index (κ3) is 3.94. The first kappa shape index (κ1) is 20.1. The van der Waals surface area contributed by atoms with Crippen molar-refractivity contribution in [2.75, 3.05) is 20.2 Å². The maximum Gasteiger partial charge on any atom is 0.252 e. The van der Waals surface area contributed by atoms with Gasteiger partial charge in [-0.25, -0.2) is 0 Å². The Morgan fingerprint density at radius 2 is 1.68 bits per heavy atom. The van der Waals surface area contributed by atoms with Crippen LogP contribution in [0.1, 0.15) is 50.2 Å².